The topological polar surface area (TPSA) is 35.2 Å². The second-order valence-electron chi connectivity index (χ2n) is 4.43. The average Bonchev–Trinajstić information content (AvgIpc) is 2.08. The lowest BCUT2D eigenvalue weighted by Crippen LogP contribution is -2.30. The van der Waals surface area contributed by atoms with Gasteiger partial charge >= 0.3 is 0 Å². The third kappa shape index (κ3) is 2.34. The molecule has 0 saturated heterocycles. The third-order valence-corrected chi connectivity index (χ3v) is 3.19. The molecule has 84 valence electrons. The Morgan fingerprint density at radius 3 is 2.27 bits per heavy atom. The SMILES string of the molecule is COc1c(Br)cc(C)c(C)c1C(C)(C)N. The monoisotopic (exact) mass is 271 g/mol. The number of hydrogen-bond donors (Lipinski definition) is 1. The van der Waals surface area contributed by atoms with Gasteiger partial charge in [0.25, 0.3) is 0 Å². The molecule has 1 aromatic carbocycles. The van der Waals surface area contributed by atoms with Crippen LogP contribution < -0.4 is 10.5 Å². The van der Waals surface area contributed by atoms with Crippen LogP contribution in [0.5, 0.6) is 5.75 Å². The molecule has 0 radical (unpaired) electrons. The Bertz CT molecular complexity index is 380. The molecule has 0 amide bonds. The van der Waals surface area contributed by atoms with Gasteiger partial charge in [0.05, 0.1) is 11.6 Å². The van der Waals surface area contributed by atoms with Crippen molar-refractivity contribution in [2.75, 3.05) is 7.11 Å². The molecular formula is C12H18BrNO. The van der Waals surface area contributed by atoms with Gasteiger partial charge in [-0.15, -0.1) is 0 Å². The first-order valence-electron chi connectivity index (χ1n) is 4.92. The first-order valence-corrected chi connectivity index (χ1v) is 5.71. The maximum absolute atomic E-state index is 6.17. The number of ether oxygens (including phenoxy) is 1. The van der Waals surface area contributed by atoms with Crippen molar-refractivity contribution in [2.24, 2.45) is 5.73 Å². The molecule has 0 unspecified atom stereocenters. The molecular weight excluding hydrogens is 254 g/mol. The van der Waals surface area contributed by atoms with Crippen LogP contribution in [0.2, 0.25) is 0 Å². The van der Waals surface area contributed by atoms with Gasteiger partial charge in [0.1, 0.15) is 5.75 Å². The number of halogens is 1. The predicted molar refractivity (Wildman–Crippen MR) is 67.4 cm³/mol. The van der Waals surface area contributed by atoms with Crippen LogP contribution in [0.1, 0.15) is 30.5 Å². The standard InChI is InChI=1S/C12H18BrNO/c1-7-6-9(13)11(15-5)10(8(7)2)12(3,4)14/h6H,14H2,1-5H3. The lowest BCUT2D eigenvalue weighted by molar-refractivity contribution is 0.390. The van der Waals surface area contributed by atoms with E-state index in [2.05, 4.69) is 35.8 Å². The van der Waals surface area contributed by atoms with Crippen molar-refractivity contribution in [3.63, 3.8) is 0 Å². The lowest BCUT2D eigenvalue weighted by atomic mass is 9.88. The summed E-state index contributed by atoms with van der Waals surface area (Å²) in [5.41, 5.74) is 9.25. The number of rotatable bonds is 2. The Labute approximate surface area is 99.9 Å². The minimum atomic E-state index is -0.399. The highest BCUT2D eigenvalue weighted by Gasteiger charge is 2.24. The quantitative estimate of drug-likeness (QED) is 0.896. The molecule has 0 fully saturated rings. The largest absolute Gasteiger partial charge is 0.495 e. The van der Waals surface area contributed by atoms with Crippen LogP contribution in [-0.2, 0) is 5.54 Å². The molecule has 0 heterocycles. The Morgan fingerprint density at radius 2 is 1.87 bits per heavy atom. The number of aryl methyl sites for hydroxylation is 1. The number of nitrogens with two attached hydrogens (primary N) is 1. The number of benzene rings is 1. The summed E-state index contributed by atoms with van der Waals surface area (Å²) in [5, 5.41) is 0. The summed E-state index contributed by atoms with van der Waals surface area (Å²) in [4.78, 5) is 0. The van der Waals surface area contributed by atoms with E-state index in [1.165, 1.54) is 11.1 Å². The first kappa shape index (κ1) is 12.5. The molecule has 0 saturated carbocycles. The van der Waals surface area contributed by atoms with Crippen LogP contribution in [0.15, 0.2) is 10.5 Å². The summed E-state index contributed by atoms with van der Waals surface area (Å²) < 4.78 is 6.37. The minimum absolute atomic E-state index is 0.399. The van der Waals surface area contributed by atoms with Gasteiger partial charge in [0, 0.05) is 11.1 Å². The summed E-state index contributed by atoms with van der Waals surface area (Å²) >= 11 is 3.50. The molecule has 0 bridgehead atoms. The van der Waals surface area contributed by atoms with Gasteiger partial charge in [-0.25, -0.2) is 0 Å². The predicted octanol–water partition coefficient (Wildman–Crippen LogP) is 3.27. The Morgan fingerprint density at radius 1 is 1.33 bits per heavy atom. The summed E-state index contributed by atoms with van der Waals surface area (Å²) in [7, 11) is 1.67. The van der Waals surface area contributed by atoms with E-state index in [0.717, 1.165) is 15.8 Å². The fourth-order valence-corrected chi connectivity index (χ4v) is 2.53. The smallest absolute Gasteiger partial charge is 0.138 e. The van der Waals surface area contributed by atoms with Crippen molar-refractivity contribution < 1.29 is 4.74 Å². The highest BCUT2D eigenvalue weighted by atomic mass is 79.9. The summed E-state index contributed by atoms with van der Waals surface area (Å²) in [6.07, 6.45) is 0. The molecule has 2 nitrogen and oxygen atoms in total. The van der Waals surface area contributed by atoms with Crippen molar-refractivity contribution in [1.82, 2.24) is 0 Å². The van der Waals surface area contributed by atoms with E-state index < -0.39 is 5.54 Å². The van der Waals surface area contributed by atoms with Gasteiger partial charge in [0.2, 0.25) is 0 Å². The van der Waals surface area contributed by atoms with E-state index in [0.29, 0.717) is 0 Å². The molecule has 0 aliphatic rings. The Balaban J connectivity index is 3.59. The lowest BCUT2D eigenvalue weighted by Gasteiger charge is -2.26. The molecule has 15 heavy (non-hydrogen) atoms. The van der Waals surface area contributed by atoms with Gasteiger partial charge in [0.15, 0.2) is 0 Å². The Kier molecular flexibility index (Phi) is 3.46. The van der Waals surface area contributed by atoms with Gasteiger partial charge in [-0.1, -0.05) is 0 Å². The number of hydrogen-bond acceptors (Lipinski definition) is 2. The molecule has 0 aromatic heterocycles. The summed E-state index contributed by atoms with van der Waals surface area (Å²) in [6.45, 7) is 8.14. The number of methoxy groups -OCH3 is 1. The van der Waals surface area contributed by atoms with Gasteiger partial charge in [-0.05, 0) is 60.8 Å². The highest BCUT2D eigenvalue weighted by molar-refractivity contribution is 9.10. The summed E-state index contributed by atoms with van der Waals surface area (Å²) in [6, 6.07) is 2.06. The van der Waals surface area contributed by atoms with Crippen LogP contribution in [0.3, 0.4) is 0 Å². The van der Waals surface area contributed by atoms with E-state index in [9.17, 15) is 0 Å². The van der Waals surface area contributed by atoms with Crippen molar-refractivity contribution >= 4 is 15.9 Å². The van der Waals surface area contributed by atoms with Crippen LogP contribution in [0.4, 0.5) is 0 Å². The van der Waals surface area contributed by atoms with Crippen LogP contribution in [-0.4, -0.2) is 7.11 Å². The third-order valence-electron chi connectivity index (χ3n) is 2.60. The van der Waals surface area contributed by atoms with Crippen molar-refractivity contribution in [2.45, 2.75) is 33.2 Å². The molecule has 0 aliphatic heterocycles. The highest BCUT2D eigenvalue weighted by Crippen LogP contribution is 2.38. The van der Waals surface area contributed by atoms with Crippen LogP contribution >= 0.6 is 15.9 Å². The first-order chi connectivity index (χ1) is 6.79. The van der Waals surface area contributed by atoms with Gasteiger partial charge < -0.3 is 10.5 Å². The zero-order chi connectivity index (χ0) is 11.8. The zero-order valence-electron chi connectivity index (χ0n) is 9.94. The van der Waals surface area contributed by atoms with E-state index in [-0.39, 0.29) is 0 Å². The molecule has 3 heteroatoms. The minimum Gasteiger partial charge on any atom is -0.495 e. The van der Waals surface area contributed by atoms with Crippen LogP contribution in [0, 0.1) is 13.8 Å². The summed E-state index contributed by atoms with van der Waals surface area (Å²) in [5.74, 6) is 0.839. The fraction of sp³-hybridized carbons (Fsp3) is 0.500. The molecule has 0 spiro atoms. The van der Waals surface area contributed by atoms with Crippen molar-refractivity contribution in [1.29, 1.82) is 0 Å². The molecule has 0 aliphatic carbocycles. The van der Waals surface area contributed by atoms with E-state index >= 15 is 0 Å². The van der Waals surface area contributed by atoms with Gasteiger partial charge in [-0.2, -0.15) is 0 Å². The van der Waals surface area contributed by atoms with E-state index in [1.54, 1.807) is 7.11 Å². The molecule has 0 atom stereocenters. The molecule has 1 rings (SSSR count). The Hall–Kier alpha value is -0.540. The van der Waals surface area contributed by atoms with Crippen molar-refractivity contribution in [3.05, 3.63) is 27.2 Å². The van der Waals surface area contributed by atoms with Crippen LogP contribution in [0.25, 0.3) is 0 Å². The van der Waals surface area contributed by atoms with Gasteiger partial charge in [-0.3, -0.25) is 0 Å². The molecule has 2 N–H and O–H groups in total. The van der Waals surface area contributed by atoms with E-state index in [1.807, 2.05) is 13.8 Å². The maximum atomic E-state index is 6.17. The van der Waals surface area contributed by atoms with Crippen molar-refractivity contribution in [3.8, 4) is 5.75 Å². The molecule has 1 aromatic rings. The zero-order valence-corrected chi connectivity index (χ0v) is 11.5. The van der Waals surface area contributed by atoms with E-state index in [4.69, 9.17) is 10.5 Å². The second-order valence-corrected chi connectivity index (χ2v) is 5.28. The fourth-order valence-electron chi connectivity index (χ4n) is 1.83. The second kappa shape index (κ2) is 4.14. The normalized spacial score (nSPS) is 11.7. The average molecular weight is 272 g/mol. The maximum Gasteiger partial charge on any atom is 0.138 e.